The first-order chi connectivity index (χ1) is 13.5. The van der Waals surface area contributed by atoms with Crippen LogP contribution in [-0.2, 0) is 6.42 Å². The maximum absolute atomic E-state index is 12.7. The highest BCUT2D eigenvalue weighted by atomic mass is 16.1. The molecule has 1 unspecified atom stereocenters. The number of fused-ring (bicyclic) bond motifs is 1. The van der Waals surface area contributed by atoms with E-state index in [1.54, 1.807) is 6.07 Å². The van der Waals surface area contributed by atoms with Crippen LogP contribution < -0.4 is 16.0 Å². The number of nitrogens with one attached hydrogen (secondary N) is 1. The molecule has 7 heteroatoms. The highest BCUT2D eigenvalue weighted by molar-refractivity contribution is 6.05. The molecule has 2 aromatic rings. The smallest absolute Gasteiger partial charge is 0.251 e. The molecule has 0 radical (unpaired) electrons. The van der Waals surface area contributed by atoms with Gasteiger partial charge in [-0.05, 0) is 43.7 Å². The van der Waals surface area contributed by atoms with Crippen molar-refractivity contribution < 1.29 is 9.59 Å². The Labute approximate surface area is 164 Å². The summed E-state index contributed by atoms with van der Waals surface area (Å²) in [6.07, 6.45) is 3.25. The summed E-state index contributed by atoms with van der Waals surface area (Å²) >= 11 is 0. The van der Waals surface area contributed by atoms with Crippen molar-refractivity contribution >= 4 is 23.5 Å². The van der Waals surface area contributed by atoms with Crippen molar-refractivity contribution in [3.05, 3.63) is 46.6 Å². The van der Waals surface area contributed by atoms with E-state index in [-0.39, 0.29) is 17.6 Å². The van der Waals surface area contributed by atoms with E-state index in [0.29, 0.717) is 36.4 Å². The van der Waals surface area contributed by atoms with E-state index in [9.17, 15) is 9.59 Å². The van der Waals surface area contributed by atoms with Gasteiger partial charge in [-0.1, -0.05) is 12.1 Å². The van der Waals surface area contributed by atoms with Crippen molar-refractivity contribution in [1.29, 1.82) is 0 Å². The van der Waals surface area contributed by atoms with Crippen LogP contribution in [0, 0.1) is 12.8 Å². The zero-order valence-electron chi connectivity index (χ0n) is 16.1. The van der Waals surface area contributed by atoms with Crippen LogP contribution in [0.25, 0.3) is 0 Å². The van der Waals surface area contributed by atoms with Crippen LogP contribution in [0.3, 0.4) is 0 Å². The van der Waals surface area contributed by atoms with Crippen LogP contribution in [0.2, 0.25) is 0 Å². The highest BCUT2D eigenvalue weighted by Crippen LogP contribution is 2.26. The molecule has 0 saturated carbocycles. The number of hydrogen-bond donors (Lipinski definition) is 2. The normalized spacial score (nSPS) is 18.8. The SMILES string of the molecule is Cc1cc(N2CCCC(CNC(=O)c3cccc4c3CCC4=O)C2)nc(N)n1. The molecule has 2 heterocycles. The molecule has 2 aliphatic rings. The Hall–Kier alpha value is -2.96. The van der Waals surface area contributed by atoms with Crippen LogP contribution in [0.4, 0.5) is 11.8 Å². The van der Waals surface area contributed by atoms with Gasteiger partial charge >= 0.3 is 0 Å². The number of Topliss-reactive ketones (excluding diaryl/α,β-unsaturated/α-hetero) is 1. The topological polar surface area (TPSA) is 101 Å². The van der Waals surface area contributed by atoms with Crippen molar-refractivity contribution in [2.24, 2.45) is 5.92 Å². The summed E-state index contributed by atoms with van der Waals surface area (Å²) in [6.45, 7) is 4.26. The number of ketones is 1. The van der Waals surface area contributed by atoms with Gasteiger partial charge in [0.25, 0.3) is 5.91 Å². The van der Waals surface area contributed by atoms with Gasteiger partial charge in [0.05, 0.1) is 0 Å². The number of nitrogen functional groups attached to an aromatic ring is 1. The maximum atomic E-state index is 12.7. The zero-order chi connectivity index (χ0) is 19.7. The summed E-state index contributed by atoms with van der Waals surface area (Å²) in [7, 11) is 0. The molecular formula is C21H25N5O2. The molecule has 4 rings (SSSR count). The lowest BCUT2D eigenvalue weighted by atomic mass is 9.97. The Balaban J connectivity index is 1.40. The number of aryl methyl sites for hydroxylation is 1. The molecule has 1 atom stereocenters. The number of amides is 1. The number of carbonyl (C=O) groups excluding carboxylic acids is 2. The monoisotopic (exact) mass is 379 g/mol. The molecule has 146 valence electrons. The summed E-state index contributed by atoms with van der Waals surface area (Å²) < 4.78 is 0. The average Bonchev–Trinajstić information content (AvgIpc) is 3.07. The van der Waals surface area contributed by atoms with Crippen LogP contribution in [-0.4, -0.2) is 41.3 Å². The van der Waals surface area contributed by atoms with Gasteiger partial charge < -0.3 is 16.0 Å². The van der Waals surface area contributed by atoms with Crippen LogP contribution in [0.1, 0.15) is 51.2 Å². The lowest BCUT2D eigenvalue weighted by Gasteiger charge is -2.33. The van der Waals surface area contributed by atoms with Gasteiger partial charge in [-0.15, -0.1) is 0 Å². The number of benzene rings is 1. The molecule has 1 aliphatic carbocycles. The van der Waals surface area contributed by atoms with E-state index < -0.39 is 0 Å². The molecular weight excluding hydrogens is 354 g/mol. The Morgan fingerprint density at radius 1 is 1.32 bits per heavy atom. The molecule has 1 fully saturated rings. The zero-order valence-corrected chi connectivity index (χ0v) is 16.1. The van der Waals surface area contributed by atoms with Gasteiger partial charge in [-0.25, -0.2) is 4.98 Å². The van der Waals surface area contributed by atoms with Crippen LogP contribution >= 0.6 is 0 Å². The average molecular weight is 379 g/mol. The molecule has 3 N–H and O–H groups in total. The third kappa shape index (κ3) is 3.69. The van der Waals surface area contributed by atoms with Crippen molar-refractivity contribution in [1.82, 2.24) is 15.3 Å². The number of aromatic nitrogens is 2. The quantitative estimate of drug-likeness (QED) is 0.844. The largest absolute Gasteiger partial charge is 0.368 e. The van der Waals surface area contributed by atoms with E-state index in [2.05, 4.69) is 20.2 Å². The van der Waals surface area contributed by atoms with Gasteiger partial charge in [0.15, 0.2) is 5.78 Å². The van der Waals surface area contributed by atoms with Gasteiger partial charge in [-0.3, -0.25) is 9.59 Å². The fourth-order valence-electron chi connectivity index (χ4n) is 4.21. The summed E-state index contributed by atoms with van der Waals surface area (Å²) in [6, 6.07) is 7.37. The van der Waals surface area contributed by atoms with E-state index in [1.165, 1.54) is 0 Å². The molecule has 1 aromatic carbocycles. The molecule has 1 aliphatic heterocycles. The van der Waals surface area contributed by atoms with Gasteiger partial charge in [0.1, 0.15) is 5.82 Å². The molecule has 0 spiro atoms. The third-order valence-electron chi connectivity index (χ3n) is 5.58. The highest BCUT2D eigenvalue weighted by Gasteiger charge is 2.26. The second kappa shape index (κ2) is 7.58. The minimum Gasteiger partial charge on any atom is -0.368 e. The number of rotatable bonds is 4. The molecule has 1 saturated heterocycles. The van der Waals surface area contributed by atoms with E-state index in [1.807, 2.05) is 25.1 Å². The Morgan fingerprint density at radius 3 is 3.00 bits per heavy atom. The fourth-order valence-corrected chi connectivity index (χ4v) is 4.21. The number of nitrogens with two attached hydrogens (primary N) is 1. The standard InChI is InChI=1S/C21H25N5O2/c1-13-10-19(25-21(22)24-13)26-9-3-4-14(12-26)11-23-20(28)17-6-2-5-16-15(17)7-8-18(16)27/h2,5-6,10,14H,3-4,7-9,11-12H2,1H3,(H,23,28)(H2,22,24,25). The number of hydrogen-bond acceptors (Lipinski definition) is 6. The van der Waals surface area contributed by atoms with Crippen LogP contribution in [0.5, 0.6) is 0 Å². The summed E-state index contributed by atoms with van der Waals surface area (Å²) in [5, 5.41) is 3.07. The fraction of sp³-hybridized carbons (Fsp3) is 0.429. The number of anilines is 2. The third-order valence-corrected chi connectivity index (χ3v) is 5.58. The second-order valence-corrected chi connectivity index (χ2v) is 7.64. The first-order valence-electron chi connectivity index (χ1n) is 9.80. The van der Waals surface area contributed by atoms with Crippen molar-refractivity contribution in [3.8, 4) is 0 Å². The Kier molecular flexibility index (Phi) is 4.98. The van der Waals surface area contributed by atoms with E-state index >= 15 is 0 Å². The predicted molar refractivity (Wildman–Crippen MR) is 108 cm³/mol. The second-order valence-electron chi connectivity index (χ2n) is 7.64. The molecule has 0 bridgehead atoms. The van der Waals surface area contributed by atoms with Crippen molar-refractivity contribution in [2.45, 2.75) is 32.6 Å². The molecule has 1 aromatic heterocycles. The molecule has 28 heavy (non-hydrogen) atoms. The minimum atomic E-state index is -0.0919. The Morgan fingerprint density at radius 2 is 2.18 bits per heavy atom. The van der Waals surface area contributed by atoms with Gasteiger partial charge in [0.2, 0.25) is 5.95 Å². The van der Waals surface area contributed by atoms with E-state index in [4.69, 9.17) is 5.73 Å². The molecule has 7 nitrogen and oxygen atoms in total. The number of piperidine rings is 1. The number of carbonyl (C=O) groups is 2. The minimum absolute atomic E-state index is 0.0919. The first kappa shape index (κ1) is 18.4. The van der Waals surface area contributed by atoms with Crippen molar-refractivity contribution in [2.75, 3.05) is 30.3 Å². The lowest BCUT2D eigenvalue weighted by molar-refractivity contribution is 0.0944. The summed E-state index contributed by atoms with van der Waals surface area (Å²) in [4.78, 5) is 35.3. The summed E-state index contributed by atoms with van der Waals surface area (Å²) in [5.41, 5.74) is 8.87. The predicted octanol–water partition coefficient (Wildman–Crippen LogP) is 2.14. The van der Waals surface area contributed by atoms with Crippen LogP contribution in [0.15, 0.2) is 24.3 Å². The maximum Gasteiger partial charge on any atom is 0.251 e. The lowest BCUT2D eigenvalue weighted by Crippen LogP contribution is -2.41. The first-order valence-corrected chi connectivity index (χ1v) is 9.80. The van der Waals surface area contributed by atoms with Gasteiger partial charge in [0, 0.05) is 48.9 Å². The van der Waals surface area contributed by atoms with Crippen molar-refractivity contribution in [3.63, 3.8) is 0 Å². The Bertz CT molecular complexity index is 907. The summed E-state index contributed by atoms with van der Waals surface area (Å²) in [5.74, 6) is 1.52. The number of nitrogens with zero attached hydrogens (tertiary/aromatic N) is 3. The molecule has 1 amide bonds. The van der Waals surface area contributed by atoms with E-state index in [0.717, 1.165) is 43.0 Å². The van der Waals surface area contributed by atoms with Gasteiger partial charge in [-0.2, -0.15) is 4.98 Å².